The van der Waals surface area contributed by atoms with Gasteiger partial charge in [-0.3, -0.25) is 14.5 Å². The molecule has 6 nitrogen and oxygen atoms in total. The van der Waals surface area contributed by atoms with E-state index in [1.807, 2.05) is 18.2 Å². The zero-order chi connectivity index (χ0) is 19.1. The number of amides is 1. The maximum absolute atomic E-state index is 12.2. The van der Waals surface area contributed by atoms with Crippen molar-refractivity contribution in [1.82, 2.24) is 15.2 Å². The van der Waals surface area contributed by atoms with Crippen LogP contribution in [0.1, 0.15) is 32.8 Å². The molecule has 26 heavy (non-hydrogen) atoms. The fourth-order valence-electron chi connectivity index (χ4n) is 3.11. The molecule has 2 N–H and O–H groups in total. The van der Waals surface area contributed by atoms with Gasteiger partial charge in [-0.2, -0.15) is 0 Å². The number of carbonyl (C=O) groups is 1. The minimum Gasteiger partial charge on any atom is -0.497 e. The second-order valence-electron chi connectivity index (χ2n) is 6.45. The lowest BCUT2D eigenvalue weighted by Crippen LogP contribution is -2.42. The SMILES string of the molecule is CCN(CC)C(C)CNC(=O)CCc1cc2ccc(OC)cc2[nH]c1=O. The number of ether oxygens (including phenoxy) is 1. The van der Waals surface area contributed by atoms with Crippen LogP contribution in [-0.4, -0.2) is 48.6 Å². The van der Waals surface area contributed by atoms with Crippen LogP contribution in [0.2, 0.25) is 0 Å². The first kappa shape index (κ1) is 20.0. The molecule has 0 fully saturated rings. The van der Waals surface area contributed by atoms with Gasteiger partial charge in [-0.1, -0.05) is 13.8 Å². The van der Waals surface area contributed by atoms with Crippen LogP contribution in [0.25, 0.3) is 10.9 Å². The van der Waals surface area contributed by atoms with Gasteiger partial charge in [0.2, 0.25) is 5.91 Å². The van der Waals surface area contributed by atoms with Gasteiger partial charge in [0.25, 0.3) is 5.56 Å². The molecule has 142 valence electrons. The highest BCUT2D eigenvalue weighted by atomic mass is 16.5. The highest BCUT2D eigenvalue weighted by Crippen LogP contribution is 2.18. The van der Waals surface area contributed by atoms with Crippen LogP contribution >= 0.6 is 0 Å². The van der Waals surface area contributed by atoms with E-state index in [-0.39, 0.29) is 11.5 Å². The quantitative estimate of drug-likeness (QED) is 0.721. The van der Waals surface area contributed by atoms with Gasteiger partial charge >= 0.3 is 0 Å². The van der Waals surface area contributed by atoms with Crippen molar-refractivity contribution in [3.05, 3.63) is 40.2 Å². The van der Waals surface area contributed by atoms with E-state index in [0.29, 0.717) is 36.7 Å². The normalized spacial score (nSPS) is 12.3. The van der Waals surface area contributed by atoms with E-state index < -0.39 is 0 Å². The predicted octanol–water partition coefficient (Wildman–Crippen LogP) is 2.32. The van der Waals surface area contributed by atoms with Crippen LogP contribution in [0.4, 0.5) is 0 Å². The first-order valence-electron chi connectivity index (χ1n) is 9.19. The summed E-state index contributed by atoms with van der Waals surface area (Å²) in [5, 5.41) is 3.89. The maximum atomic E-state index is 12.2. The Hall–Kier alpha value is -2.34. The fraction of sp³-hybridized carbons (Fsp3) is 0.500. The highest BCUT2D eigenvalue weighted by Gasteiger charge is 2.12. The summed E-state index contributed by atoms with van der Waals surface area (Å²) < 4.78 is 5.17. The Balaban J connectivity index is 1.95. The van der Waals surface area contributed by atoms with E-state index >= 15 is 0 Å². The van der Waals surface area contributed by atoms with Crippen LogP contribution in [-0.2, 0) is 11.2 Å². The number of nitrogens with zero attached hydrogens (tertiary/aromatic N) is 1. The molecule has 0 saturated heterocycles. The van der Waals surface area contributed by atoms with Gasteiger partial charge < -0.3 is 15.0 Å². The lowest BCUT2D eigenvalue weighted by atomic mass is 10.1. The van der Waals surface area contributed by atoms with Crippen molar-refractivity contribution in [1.29, 1.82) is 0 Å². The number of methoxy groups -OCH3 is 1. The topological polar surface area (TPSA) is 74.4 Å². The zero-order valence-electron chi connectivity index (χ0n) is 16.1. The average Bonchev–Trinajstić information content (AvgIpc) is 2.65. The number of carbonyl (C=O) groups excluding carboxylic acids is 1. The smallest absolute Gasteiger partial charge is 0.251 e. The second kappa shape index (κ2) is 9.38. The van der Waals surface area contributed by atoms with Crippen molar-refractivity contribution in [3.8, 4) is 5.75 Å². The lowest BCUT2D eigenvalue weighted by molar-refractivity contribution is -0.121. The van der Waals surface area contributed by atoms with Gasteiger partial charge in [-0.15, -0.1) is 0 Å². The summed E-state index contributed by atoms with van der Waals surface area (Å²) >= 11 is 0. The Labute approximate surface area is 154 Å². The third kappa shape index (κ3) is 5.08. The summed E-state index contributed by atoms with van der Waals surface area (Å²) in [5.74, 6) is 0.667. The molecule has 0 saturated carbocycles. The van der Waals surface area contributed by atoms with Crippen LogP contribution in [0.3, 0.4) is 0 Å². The summed E-state index contributed by atoms with van der Waals surface area (Å²) in [6.07, 6.45) is 0.721. The number of likely N-dealkylation sites (N-methyl/N-ethyl adjacent to an activating group) is 1. The Morgan fingerprint density at radius 2 is 2.00 bits per heavy atom. The number of fused-ring (bicyclic) bond motifs is 1. The summed E-state index contributed by atoms with van der Waals surface area (Å²) in [5.41, 5.74) is 1.19. The van der Waals surface area contributed by atoms with Gasteiger partial charge in [0.1, 0.15) is 5.75 Å². The van der Waals surface area contributed by atoms with Crippen molar-refractivity contribution < 1.29 is 9.53 Å². The molecule has 0 aliphatic carbocycles. The van der Waals surface area contributed by atoms with E-state index in [1.165, 1.54) is 0 Å². The monoisotopic (exact) mass is 359 g/mol. The minimum absolute atomic E-state index is 0.0294. The van der Waals surface area contributed by atoms with Crippen LogP contribution in [0, 0.1) is 0 Å². The number of hydrogen-bond donors (Lipinski definition) is 2. The van der Waals surface area contributed by atoms with E-state index in [0.717, 1.165) is 24.0 Å². The molecule has 6 heteroatoms. The largest absolute Gasteiger partial charge is 0.497 e. The number of aryl methyl sites for hydroxylation is 1. The molecule has 0 spiro atoms. The molecule has 1 aromatic carbocycles. The number of pyridine rings is 1. The lowest BCUT2D eigenvalue weighted by Gasteiger charge is -2.26. The molecule has 0 aliphatic heterocycles. The van der Waals surface area contributed by atoms with Crippen LogP contribution in [0.5, 0.6) is 5.75 Å². The maximum Gasteiger partial charge on any atom is 0.251 e. The third-order valence-corrected chi connectivity index (χ3v) is 4.78. The van der Waals surface area contributed by atoms with Crippen LogP contribution in [0.15, 0.2) is 29.1 Å². The molecular weight excluding hydrogens is 330 g/mol. The molecule has 1 amide bonds. The van der Waals surface area contributed by atoms with Crippen molar-refractivity contribution >= 4 is 16.8 Å². The summed E-state index contributed by atoms with van der Waals surface area (Å²) in [6.45, 7) is 8.88. The van der Waals surface area contributed by atoms with Gasteiger partial charge in [0.05, 0.1) is 12.6 Å². The summed E-state index contributed by atoms with van der Waals surface area (Å²) in [7, 11) is 1.59. The zero-order valence-corrected chi connectivity index (χ0v) is 16.1. The van der Waals surface area contributed by atoms with Crippen molar-refractivity contribution in [2.45, 2.75) is 39.7 Å². The Bertz CT molecular complexity index is 796. The van der Waals surface area contributed by atoms with Gasteiger partial charge in [0.15, 0.2) is 0 Å². The summed E-state index contributed by atoms with van der Waals surface area (Å²) in [6, 6.07) is 7.69. The van der Waals surface area contributed by atoms with E-state index in [1.54, 1.807) is 13.2 Å². The Morgan fingerprint density at radius 1 is 1.27 bits per heavy atom. The van der Waals surface area contributed by atoms with Crippen molar-refractivity contribution in [2.75, 3.05) is 26.7 Å². The van der Waals surface area contributed by atoms with Gasteiger partial charge in [-0.05, 0) is 50.0 Å². The first-order chi connectivity index (χ1) is 12.5. The molecule has 1 atom stereocenters. The number of hydrogen-bond acceptors (Lipinski definition) is 4. The average molecular weight is 359 g/mol. The van der Waals surface area contributed by atoms with Gasteiger partial charge in [0, 0.05) is 30.6 Å². The second-order valence-corrected chi connectivity index (χ2v) is 6.45. The molecule has 1 unspecified atom stereocenters. The van der Waals surface area contributed by atoms with E-state index in [4.69, 9.17) is 4.74 Å². The molecule has 2 aromatic rings. The molecule has 1 aromatic heterocycles. The van der Waals surface area contributed by atoms with E-state index in [9.17, 15) is 9.59 Å². The molecule has 0 radical (unpaired) electrons. The number of H-pyrrole nitrogens is 1. The highest BCUT2D eigenvalue weighted by molar-refractivity contribution is 5.81. The summed E-state index contributed by atoms with van der Waals surface area (Å²) in [4.78, 5) is 29.5. The number of rotatable bonds is 9. The van der Waals surface area contributed by atoms with Gasteiger partial charge in [-0.25, -0.2) is 0 Å². The minimum atomic E-state index is -0.157. The third-order valence-electron chi connectivity index (χ3n) is 4.78. The molecule has 2 rings (SSSR count). The first-order valence-corrected chi connectivity index (χ1v) is 9.19. The number of nitrogens with one attached hydrogen (secondary N) is 2. The number of aromatic nitrogens is 1. The Kier molecular flexibility index (Phi) is 7.21. The number of benzene rings is 1. The Morgan fingerprint density at radius 3 is 2.65 bits per heavy atom. The van der Waals surface area contributed by atoms with Crippen molar-refractivity contribution in [3.63, 3.8) is 0 Å². The molecule has 0 bridgehead atoms. The molecule has 0 aliphatic rings. The van der Waals surface area contributed by atoms with Crippen molar-refractivity contribution in [2.24, 2.45) is 0 Å². The molecule has 1 heterocycles. The van der Waals surface area contributed by atoms with E-state index in [2.05, 4.69) is 36.0 Å². The number of aromatic amines is 1. The fourth-order valence-corrected chi connectivity index (χ4v) is 3.11. The molecular formula is C20H29N3O3. The van der Waals surface area contributed by atoms with Crippen LogP contribution < -0.4 is 15.6 Å². The predicted molar refractivity (Wildman–Crippen MR) is 105 cm³/mol. The standard InChI is InChI=1S/C20H29N3O3/c1-5-23(6-2)14(3)13-21-19(24)10-8-16-11-15-7-9-17(26-4)12-18(15)22-20(16)25/h7,9,11-12,14H,5-6,8,10,13H2,1-4H3,(H,21,24)(H,22,25).